The predicted octanol–water partition coefficient (Wildman–Crippen LogP) is 5.44. The van der Waals surface area contributed by atoms with E-state index in [1.807, 2.05) is 0 Å². The van der Waals surface area contributed by atoms with Crippen molar-refractivity contribution < 1.29 is 0 Å². The van der Waals surface area contributed by atoms with Gasteiger partial charge in [0.05, 0.1) is 0 Å². The van der Waals surface area contributed by atoms with Crippen molar-refractivity contribution in [1.82, 2.24) is 0 Å². The van der Waals surface area contributed by atoms with Crippen LogP contribution in [0.2, 0.25) is 0 Å². The Morgan fingerprint density at radius 1 is 1.38 bits per heavy atom. The van der Waals surface area contributed by atoms with Crippen LogP contribution in [-0.4, -0.2) is 0 Å². The minimum absolute atomic E-state index is 0.442. The summed E-state index contributed by atoms with van der Waals surface area (Å²) in [4.78, 5) is 0. The van der Waals surface area contributed by atoms with E-state index in [9.17, 15) is 0 Å². The highest BCUT2D eigenvalue weighted by Crippen LogP contribution is 2.46. The molecule has 1 aliphatic carbocycles. The summed E-state index contributed by atoms with van der Waals surface area (Å²) in [5, 5.41) is 0. The van der Waals surface area contributed by atoms with Crippen LogP contribution in [0.1, 0.15) is 67.7 Å². The second-order valence-corrected chi connectivity index (χ2v) is 7.39. The van der Waals surface area contributed by atoms with E-state index in [0.29, 0.717) is 10.8 Å². The summed E-state index contributed by atoms with van der Waals surface area (Å²) in [6.45, 7) is 16.6. The zero-order valence-electron chi connectivity index (χ0n) is 12.4. The van der Waals surface area contributed by atoms with E-state index in [1.54, 1.807) is 5.57 Å². The minimum Gasteiger partial charge on any atom is -0.0848 e. The van der Waals surface area contributed by atoms with Gasteiger partial charge in [-0.2, -0.15) is 0 Å². The van der Waals surface area contributed by atoms with Crippen LogP contribution in [0.15, 0.2) is 11.6 Å². The maximum absolute atomic E-state index is 2.45. The van der Waals surface area contributed by atoms with Gasteiger partial charge in [0.25, 0.3) is 0 Å². The molecule has 0 nitrogen and oxygen atoms in total. The van der Waals surface area contributed by atoms with Gasteiger partial charge in [0.1, 0.15) is 0 Å². The van der Waals surface area contributed by atoms with Gasteiger partial charge in [-0.25, -0.2) is 0 Å². The molecule has 0 fully saturated rings. The van der Waals surface area contributed by atoms with E-state index >= 15 is 0 Å². The molecule has 0 heteroatoms. The third kappa shape index (κ3) is 2.90. The molecule has 0 saturated heterocycles. The van der Waals surface area contributed by atoms with E-state index in [0.717, 1.165) is 11.8 Å². The van der Waals surface area contributed by atoms with Crippen molar-refractivity contribution in [2.75, 3.05) is 0 Å². The molecule has 0 aromatic heterocycles. The van der Waals surface area contributed by atoms with Crippen molar-refractivity contribution in [3.63, 3.8) is 0 Å². The number of rotatable bonds is 3. The van der Waals surface area contributed by atoms with E-state index in [2.05, 4.69) is 54.5 Å². The lowest BCUT2D eigenvalue weighted by atomic mass is 9.72. The molecule has 16 heavy (non-hydrogen) atoms. The van der Waals surface area contributed by atoms with Crippen LogP contribution in [-0.2, 0) is 0 Å². The van der Waals surface area contributed by atoms with E-state index in [4.69, 9.17) is 0 Å². The van der Waals surface area contributed by atoms with Gasteiger partial charge in [-0.05, 0) is 48.9 Å². The van der Waals surface area contributed by atoms with Gasteiger partial charge in [-0.15, -0.1) is 0 Å². The van der Waals surface area contributed by atoms with E-state index in [1.165, 1.54) is 19.3 Å². The summed E-state index contributed by atoms with van der Waals surface area (Å²) >= 11 is 0. The average Bonchev–Trinajstić information content (AvgIpc) is 2.37. The van der Waals surface area contributed by atoms with Gasteiger partial charge in [0.15, 0.2) is 0 Å². The Morgan fingerprint density at radius 3 is 2.31 bits per heavy atom. The van der Waals surface area contributed by atoms with Gasteiger partial charge < -0.3 is 0 Å². The maximum Gasteiger partial charge on any atom is -0.0116 e. The second kappa shape index (κ2) is 4.55. The van der Waals surface area contributed by atoms with Gasteiger partial charge in [-0.3, -0.25) is 0 Å². The molecular weight excluding hydrogens is 192 g/mol. The summed E-state index contributed by atoms with van der Waals surface area (Å²) in [6.07, 6.45) is 6.51. The lowest BCUT2D eigenvalue weighted by Crippen LogP contribution is -2.23. The van der Waals surface area contributed by atoms with Crippen molar-refractivity contribution >= 4 is 0 Å². The van der Waals surface area contributed by atoms with Gasteiger partial charge in [0.2, 0.25) is 0 Å². The largest absolute Gasteiger partial charge is 0.0848 e. The van der Waals surface area contributed by atoms with Gasteiger partial charge in [0, 0.05) is 0 Å². The first-order valence-corrected chi connectivity index (χ1v) is 6.83. The van der Waals surface area contributed by atoms with Crippen molar-refractivity contribution in [2.24, 2.45) is 22.7 Å². The number of hydrogen-bond acceptors (Lipinski definition) is 0. The van der Waals surface area contributed by atoms with E-state index < -0.39 is 0 Å². The molecule has 0 aliphatic heterocycles. The number of allylic oxidation sites excluding steroid dienone is 2. The Labute approximate surface area is 103 Å². The fraction of sp³-hybridized carbons (Fsp3) is 0.875. The topological polar surface area (TPSA) is 0 Å². The lowest BCUT2D eigenvalue weighted by molar-refractivity contribution is 0.199. The molecule has 0 aromatic carbocycles. The molecule has 0 radical (unpaired) electrons. The molecule has 94 valence electrons. The van der Waals surface area contributed by atoms with Crippen LogP contribution in [0.5, 0.6) is 0 Å². The molecule has 0 saturated carbocycles. The first-order valence-electron chi connectivity index (χ1n) is 6.83. The third-order valence-corrected chi connectivity index (χ3v) is 5.17. The summed E-state index contributed by atoms with van der Waals surface area (Å²) in [5.74, 6) is 1.70. The van der Waals surface area contributed by atoms with Crippen molar-refractivity contribution in [3.8, 4) is 0 Å². The monoisotopic (exact) mass is 222 g/mol. The van der Waals surface area contributed by atoms with Crippen LogP contribution >= 0.6 is 0 Å². The molecule has 0 spiro atoms. The first kappa shape index (κ1) is 13.8. The third-order valence-electron chi connectivity index (χ3n) is 5.17. The molecule has 0 N–H and O–H groups in total. The van der Waals surface area contributed by atoms with Crippen LogP contribution in [0.25, 0.3) is 0 Å². The highest BCUT2D eigenvalue weighted by Gasteiger charge is 2.35. The molecule has 1 aliphatic rings. The summed E-state index contributed by atoms with van der Waals surface area (Å²) in [6, 6.07) is 0. The molecule has 1 rings (SSSR count). The summed E-state index contributed by atoms with van der Waals surface area (Å²) < 4.78 is 0. The van der Waals surface area contributed by atoms with Gasteiger partial charge in [-0.1, -0.05) is 53.2 Å². The van der Waals surface area contributed by atoms with Crippen LogP contribution in [0.4, 0.5) is 0 Å². The molecule has 2 unspecified atom stereocenters. The maximum atomic E-state index is 2.45. The molecule has 2 atom stereocenters. The predicted molar refractivity (Wildman–Crippen MR) is 73.5 cm³/mol. The Bertz CT molecular complexity index is 262. The molecule has 0 aromatic rings. The molecule has 0 bridgehead atoms. The lowest BCUT2D eigenvalue weighted by Gasteiger charge is -2.33. The molecule has 0 amide bonds. The molecule has 0 heterocycles. The van der Waals surface area contributed by atoms with Crippen LogP contribution in [0.3, 0.4) is 0 Å². The highest BCUT2D eigenvalue weighted by molar-refractivity contribution is 5.18. The Kier molecular flexibility index (Phi) is 3.92. The Morgan fingerprint density at radius 2 is 1.94 bits per heavy atom. The van der Waals surface area contributed by atoms with Gasteiger partial charge >= 0.3 is 0 Å². The Balaban J connectivity index is 2.47. The normalized spacial score (nSPS) is 26.7. The quantitative estimate of drug-likeness (QED) is 0.558. The number of hydrogen-bond donors (Lipinski definition) is 0. The summed E-state index contributed by atoms with van der Waals surface area (Å²) in [5.41, 5.74) is 2.50. The Hall–Kier alpha value is -0.260. The SMILES string of the molecule is CC1=CCC(CCC(C)C(C)(C)C)C1(C)C. The molecular formula is C16H30. The first-order chi connectivity index (χ1) is 7.15. The summed E-state index contributed by atoms with van der Waals surface area (Å²) in [7, 11) is 0. The van der Waals surface area contributed by atoms with Crippen molar-refractivity contribution in [3.05, 3.63) is 11.6 Å². The fourth-order valence-electron chi connectivity index (χ4n) is 2.56. The zero-order valence-corrected chi connectivity index (χ0v) is 12.4. The van der Waals surface area contributed by atoms with Crippen molar-refractivity contribution in [1.29, 1.82) is 0 Å². The van der Waals surface area contributed by atoms with E-state index in [-0.39, 0.29) is 0 Å². The fourth-order valence-corrected chi connectivity index (χ4v) is 2.56. The van der Waals surface area contributed by atoms with Crippen LogP contribution < -0.4 is 0 Å². The smallest absolute Gasteiger partial charge is 0.0116 e. The van der Waals surface area contributed by atoms with Crippen LogP contribution in [0, 0.1) is 22.7 Å². The zero-order chi connectivity index (χ0) is 12.6. The standard InChI is InChI=1S/C16H30/c1-12(15(3,4)5)8-10-14-11-9-13(2)16(14,6)7/h9,12,14H,8,10-11H2,1-7H3. The average molecular weight is 222 g/mol. The minimum atomic E-state index is 0.442. The van der Waals surface area contributed by atoms with Crippen molar-refractivity contribution in [2.45, 2.75) is 67.7 Å². The second-order valence-electron chi connectivity index (χ2n) is 7.39. The highest BCUT2D eigenvalue weighted by atomic mass is 14.4.